The lowest BCUT2D eigenvalue weighted by atomic mass is 10.1. The topological polar surface area (TPSA) is 26.3 Å². The second-order valence-corrected chi connectivity index (χ2v) is 6.71. The Balaban J connectivity index is 1.49. The predicted molar refractivity (Wildman–Crippen MR) is 117 cm³/mol. The van der Waals surface area contributed by atoms with Gasteiger partial charge in [-0.2, -0.15) is 0 Å². The minimum atomic E-state index is -0.00130. The monoisotopic (exact) mass is 368 g/mol. The van der Waals surface area contributed by atoms with E-state index in [1.807, 2.05) is 67.6 Å². The lowest BCUT2D eigenvalue weighted by Gasteiger charge is -2.07. The van der Waals surface area contributed by atoms with Gasteiger partial charge in [-0.3, -0.25) is 4.79 Å². The molecule has 0 amide bonds. The molecule has 0 bridgehead atoms. The highest BCUT2D eigenvalue weighted by Gasteiger charge is 2.00. The van der Waals surface area contributed by atoms with Crippen molar-refractivity contribution in [2.45, 2.75) is 13.3 Å². The van der Waals surface area contributed by atoms with Gasteiger partial charge in [0, 0.05) is 12.0 Å². The van der Waals surface area contributed by atoms with Crippen LogP contribution in [0.15, 0.2) is 91.5 Å². The zero-order valence-electron chi connectivity index (χ0n) is 16.1. The molecule has 0 fully saturated rings. The van der Waals surface area contributed by atoms with Gasteiger partial charge in [-0.05, 0) is 41.8 Å². The smallest absolute Gasteiger partial charge is 0.185 e. The zero-order valence-corrected chi connectivity index (χ0v) is 16.1. The van der Waals surface area contributed by atoms with Crippen LogP contribution < -0.4 is 4.74 Å². The third-order valence-corrected chi connectivity index (χ3v) is 4.47. The number of carbonyl (C=O) groups is 1. The first-order chi connectivity index (χ1) is 13.6. The Morgan fingerprint density at radius 3 is 2.21 bits per heavy atom. The number of ether oxygens (including phenoxy) is 1. The van der Waals surface area contributed by atoms with E-state index in [1.54, 1.807) is 6.08 Å². The normalized spacial score (nSPS) is 10.8. The highest BCUT2D eigenvalue weighted by atomic mass is 16.5. The maximum absolute atomic E-state index is 12.1. The summed E-state index contributed by atoms with van der Waals surface area (Å²) in [7, 11) is 0. The molecular weight excluding hydrogens is 344 g/mol. The Bertz CT molecular complexity index is 950. The first kappa shape index (κ1) is 19.4. The Morgan fingerprint density at radius 2 is 1.57 bits per heavy atom. The van der Waals surface area contributed by atoms with Crippen LogP contribution in [0.25, 0.3) is 11.6 Å². The number of allylic oxidation sites excluding steroid dienone is 2. The molecule has 28 heavy (non-hydrogen) atoms. The molecule has 0 unspecified atom stereocenters. The fraction of sp³-hybridized carbons (Fsp3) is 0.115. The summed E-state index contributed by atoms with van der Waals surface area (Å²) < 4.78 is 5.83. The Morgan fingerprint density at radius 1 is 0.893 bits per heavy atom. The van der Waals surface area contributed by atoms with Crippen LogP contribution in [0, 0.1) is 0 Å². The van der Waals surface area contributed by atoms with Crippen molar-refractivity contribution in [1.82, 2.24) is 0 Å². The Hall–Kier alpha value is -3.39. The quantitative estimate of drug-likeness (QED) is 0.348. The number of rotatable bonds is 8. The van der Waals surface area contributed by atoms with E-state index in [-0.39, 0.29) is 5.78 Å². The fourth-order valence-corrected chi connectivity index (χ4v) is 2.79. The van der Waals surface area contributed by atoms with E-state index in [2.05, 4.69) is 30.8 Å². The number of benzene rings is 3. The predicted octanol–water partition coefficient (Wildman–Crippen LogP) is 6.24. The van der Waals surface area contributed by atoms with Gasteiger partial charge in [0.05, 0.1) is 6.61 Å². The molecule has 0 radical (unpaired) electrons. The van der Waals surface area contributed by atoms with Gasteiger partial charge in [-0.1, -0.05) is 85.0 Å². The van der Waals surface area contributed by atoms with Crippen LogP contribution in [0.3, 0.4) is 0 Å². The molecule has 0 N–H and O–H groups in total. The molecule has 0 spiro atoms. The highest BCUT2D eigenvalue weighted by Crippen LogP contribution is 2.16. The van der Waals surface area contributed by atoms with Gasteiger partial charge in [0.2, 0.25) is 0 Å². The van der Waals surface area contributed by atoms with Crippen molar-refractivity contribution in [1.29, 1.82) is 0 Å². The average molecular weight is 368 g/mol. The largest absolute Gasteiger partial charge is 0.493 e. The number of hydrogen-bond acceptors (Lipinski definition) is 2. The van der Waals surface area contributed by atoms with E-state index in [0.29, 0.717) is 12.2 Å². The van der Waals surface area contributed by atoms with Crippen molar-refractivity contribution in [3.8, 4) is 5.75 Å². The third-order valence-electron chi connectivity index (χ3n) is 4.47. The minimum Gasteiger partial charge on any atom is -0.493 e. The molecule has 0 saturated heterocycles. The fourth-order valence-electron chi connectivity index (χ4n) is 2.79. The summed E-state index contributed by atoms with van der Waals surface area (Å²) in [6.45, 7) is 6.58. The standard InChI is InChI=1S/C26H24O2/c1-20(2)23-13-8-22(9-14-23)18-19-28-25-15-10-21(11-16-25)12-17-26(27)24-6-4-3-5-7-24/h3-17H,1,18-19H2,2H3. The summed E-state index contributed by atoms with van der Waals surface area (Å²) in [5.74, 6) is 0.823. The molecule has 0 heterocycles. The van der Waals surface area contributed by atoms with Gasteiger partial charge in [-0.15, -0.1) is 0 Å². The molecule has 2 heteroatoms. The number of carbonyl (C=O) groups excluding carboxylic acids is 1. The summed E-state index contributed by atoms with van der Waals surface area (Å²) in [5.41, 5.74) is 5.13. The van der Waals surface area contributed by atoms with Crippen molar-refractivity contribution in [2.75, 3.05) is 6.61 Å². The highest BCUT2D eigenvalue weighted by molar-refractivity contribution is 6.06. The summed E-state index contributed by atoms with van der Waals surface area (Å²) in [6, 6.07) is 25.4. The minimum absolute atomic E-state index is 0.00130. The molecule has 2 nitrogen and oxygen atoms in total. The van der Waals surface area contributed by atoms with E-state index in [9.17, 15) is 4.79 Å². The molecule has 0 atom stereocenters. The van der Waals surface area contributed by atoms with E-state index >= 15 is 0 Å². The molecular formula is C26H24O2. The van der Waals surface area contributed by atoms with Crippen molar-refractivity contribution >= 4 is 17.4 Å². The van der Waals surface area contributed by atoms with Crippen LogP contribution in [-0.4, -0.2) is 12.4 Å². The molecule has 0 aliphatic rings. The van der Waals surface area contributed by atoms with Crippen LogP contribution in [0.1, 0.15) is 34.0 Å². The van der Waals surface area contributed by atoms with E-state index in [4.69, 9.17) is 4.74 Å². The summed E-state index contributed by atoms with van der Waals surface area (Å²) >= 11 is 0. The zero-order chi connectivity index (χ0) is 19.8. The van der Waals surface area contributed by atoms with Crippen molar-refractivity contribution in [2.24, 2.45) is 0 Å². The van der Waals surface area contributed by atoms with Crippen molar-refractivity contribution in [3.63, 3.8) is 0 Å². The molecule has 0 aliphatic carbocycles. The molecule has 3 aromatic rings. The van der Waals surface area contributed by atoms with E-state index in [0.717, 1.165) is 23.3 Å². The summed E-state index contributed by atoms with van der Waals surface area (Å²) in [4.78, 5) is 12.1. The molecule has 140 valence electrons. The second-order valence-electron chi connectivity index (χ2n) is 6.71. The third kappa shape index (κ3) is 5.55. The second kappa shape index (κ2) is 9.52. The maximum atomic E-state index is 12.1. The van der Waals surface area contributed by atoms with Crippen LogP contribution >= 0.6 is 0 Å². The lowest BCUT2D eigenvalue weighted by molar-refractivity contribution is 0.104. The Labute approximate surface area is 166 Å². The molecule has 3 aromatic carbocycles. The SMILES string of the molecule is C=C(C)c1ccc(CCOc2ccc(C=CC(=O)c3ccccc3)cc2)cc1. The first-order valence-electron chi connectivity index (χ1n) is 9.37. The van der Waals surface area contributed by atoms with Crippen LogP contribution in [0.4, 0.5) is 0 Å². The van der Waals surface area contributed by atoms with Crippen LogP contribution in [0.2, 0.25) is 0 Å². The van der Waals surface area contributed by atoms with E-state index in [1.165, 1.54) is 11.1 Å². The number of hydrogen-bond donors (Lipinski definition) is 0. The summed E-state index contributed by atoms with van der Waals surface area (Å²) in [5, 5.41) is 0. The van der Waals surface area contributed by atoms with Crippen LogP contribution in [-0.2, 0) is 6.42 Å². The lowest BCUT2D eigenvalue weighted by Crippen LogP contribution is -2.01. The van der Waals surface area contributed by atoms with E-state index < -0.39 is 0 Å². The van der Waals surface area contributed by atoms with Crippen molar-refractivity contribution in [3.05, 3.63) is 114 Å². The summed E-state index contributed by atoms with van der Waals surface area (Å²) in [6.07, 6.45) is 4.27. The number of ketones is 1. The van der Waals surface area contributed by atoms with Gasteiger partial charge in [0.15, 0.2) is 5.78 Å². The molecule has 0 aromatic heterocycles. The van der Waals surface area contributed by atoms with Gasteiger partial charge < -0.3 is 4.74 Å². The average Bonchev–Trinajstić information content (AvgIpc) is 2.74. The maximum Gasteiger partial charge on any atom is 0.185 e. The molecule has 0 saturated carbocycles. The first-order valence-corrected chi connectivity index (χ1v) is 9.37. The van der Waals surface area contributed by atoms with Crippen molar-refractivity contribution < 1.29 is 9.53 Å². The molecule has 0 aliphatic heterocycles. The van der Waals surface area contributed by atoms with Crippen LogP contribution in [0.5, 0.6) is 5.75 Å². The van der Waals surface area contributed by atoms with Gasteiger partial charge >= 0.3 is 0 Å². The van der Waals surface area contributed by atoms with Gasteiger partial charge in [-0.25, -0.2) is 0 Å². The Kier molecular flexibility index (Phi) is 6.59. The van der Waals surface area contributed by atoms with Gasteiger partial charge in [0.1, 0.15) is 5.75 Å². The van der Waals surface area contributed by atoms with Gasteiger partial charge in [0.25, 0.3) is 0 Å². The molecule has 3 rings (SSSR count).